The number of unbranched alkanes of at least 4 members (excludes halogenated alkanes) is 3. The lowest BCUT2D eigenvalue weighted by molar-refractivity contribution is 0.605. The second-order valence-electron chi connectivity index (χ2n) is 3.11. The average molecular weight is 199 g/mol. The summed E-state index contributed by atoms with van der Waals surface area (Å²) in [5.74, 6) is 3.95. The molecule has 0 aromatic heterocycles. The van der Waals surface area contributed by atoms with Crippen LogP contribution in [0, 0.1) is 12.3 Å². The summed E-state index contributed by atoms with van der Waals surface area (Å²) in [4.78, 5) is 0. The van der Waals surface area contributed by atoms with Gasteiger partial charge in [0.05, 0.1) is 0 Å². The van der Waals surface area contributed by atoms with Crippen LogP contribution in [-0.4, -0.2) is 25.1 Å². The van der Waals surface area contributed by atoms with Crippen LogP contribution < -0.4 is 5.32 Å². The van der Waals surface area contributed by atoms with Gasteiger partial charge in [-0.3, -0.25) is 0 Å². The second kappa shape index (κ2) is 11.9. The van der Waals surface area contributed by atoms with Crippen LogP contribution in [0.4, 0.5) is 0 Å². The van der Waals surface area contributed by atoms with E-state index in [1.165, 1.54) is 25.0 Å². The van der Waals surface area contributed by atoms with Crippen LogP contribution in [0.1, 0.15) is 32.1 Å². The fourth-order valence-electron chi connectivity index (χ4n) is 1.10. The number of rotatable bonds is 9. The number of terminal acetylenes is 1. The minimum Gasteiger partial charge on any atom is -0.317 e. The monoisotopic (exact) mass is 199 g/mol. The Bertz CT molecular complexity index is 129. The van der Waals surface area contributed by atoms with E-state index in [1.54, 1.807) is 0 Å². The van der Waals surface area contributed by atoms with Crippen LogP contribution in [0.5, 0.6) is 0 Å². The Labute approximate surface area is 87.1 Å². The van der Waals surface area contributed by atoms with Gasteiger partial charge in [0.1, 0.15) is 0 Å². The zero-order chi connectivity index (χ0) is 9.78. The Kier molecular flexibility index (Phi) is 11.8. The summed E-state index contributed by atoms with van der Waals surface area (Å²) < 4.78 is 0. The van der Waals surface area contributed by atoms with Gasteiger partial charge in [0.25, 0.3) is 0 Å². The maximum atomic E-state index is 5.15. The zero-order valence-corrected chi connectivity index (χ0v) is 9.46. The van der Waals surface area contributed by atoms with Crippen LogP contribution in [0.2, 0.25) is 0 Å². The van der Waals surface area contributed by atoms with Gasteiger partial charge in [0.2, 0.25) is 0 Å². The third kappa shape index (κ3) is 11.9. The number of hydrogen-bond acceptors (Lipinski definition) is 2. The molecule has 0 aliphatic heterocycles. The summed E-state index contributed by atoms with van der Waals surface area (Å²) in [5.41, 5.74) is 0. The highest BCUT2D eigenvalue weighted by Crippen LogP contribution is 1.98. The van der Waals surface area contributed by atoms with E-state index in [0.29, 0.717) is 0 Å². The predicted molar refractivity (Wildman–Crippen MR) is 63.2 cm³/mol. The molecule has 76 valence electrons. The lowest BCUT2D eigenvalue weighted by Gasteiger charge is -2.02. The fourth-order valence-corrected chi connectivity index (χ4v) is 1.59. The van der Waals surface area contributed by atoms with Crippen molar-refractivity contribution in [1.82, 2.24) is 5.32 Å². The lowest BCUT2D eigenvalue weighted by atomic mass is 10.2. The summed E-state index contributed by atoms with van der Waals surface area (Å²) in [6, 6.07) is 0. The number of nitrogens with one attached hydrogen (secondary N) is 1. The van der Waals surface area contributed by atoms with Gasteiger partial charge in [-0.1, -0.05) is 0 Å². The van der Waals surface area contributed by atoms with Gasteiger partial charge in [0.15, 0.2) is 0 Å². The first-order valence-electron chi connectivity index (χ1n) is 5.05. The van der Waals surface area contributed by atoms with E-state index in [-0.39, 0.29) is 0 Å². The van der Waals surface area contributed by atoms with Gasteiger partial charge in [0, 0.05) is 6.42 Å². The third-order valence-electron chi connectivity index (χ3n) is 1.88. The molecular weight excluding hydrogens is 178 g/mol. The van der Waals surface area contributed by atoms with E-state index < -0.39 is 0 Å². The first-order chi connectivity index (χ1) is 6.41. The maximum Gasteiger partial charge on any atom is 0.00865 e. The average Bonchev–Trinajstić information content (AvgIpc) is 2.16. The third-order valence-corrected chi connectivity index (χ3v) is 2.57. The molecule has 0 unspecified atom stereocenters. The van der Waals surface area contributed by atoms with Crippen LogP contribution in [-0.2, 0) is 0 Å². The molecule has 0 rings (SSSR count). The van der Waals surface area contributed by atoms with Gasteiger partial charge in [-0.05, 0) is 50.8 Å². The van der Waals surface area contributed by atoms with Crippen molar-refractivity contribution in [2.75, 3.05) is 25.1 Å². The van der Waals surface area contributed by atoms with Crippen LogP contribution in [0.25, 0.3) is 0 Å². The van der Waals surface area contributed by atoms with Crippen LogP contribution >= 0.6 is 11.8 Å². The first-order valence-corrected chi connectivity index (χ1v) is 6.44. The number of hydrogen-bond donors (Lipinski definition) is 1. The Morgan fingerprint density at radius 1 is 1.15 bits per heavy atom. The van der Waals surface area contributed by atoms with Crippen molar-refractivity contribution >= 4 is 11.8 Å². The molecule has 2 heteroatoms. The van der Waals surface area contributed by atoms with Gasteiger partial charge in [-0.15, -0.1) is 12.3 Å². The molecule has 0 saturated carbocycles. The molecule has 0 fully saturated rings. The van der Waals surface area contributed by atoms with E-state index in [9.17, 15) is 0 Å². The Balaban J connectivity index is 2.80. The first kappa shape index (κ1) is 12.9. The van der Waals surface area contributed by atoms with E-state index in [4.69, 9.17) is 6.42 Å². The van der Waals surface area contributed by atoms with Crippen molar-refractivity contribution in [3.63, 3.8) is 0 Å². The van der Waals surface area contributed by atoms with Crippen molar-refractivity contribution in [3.8, 4) is 12.3 Å². The molecule has 0 atom stereocenters. The molecule has 0 aromatic rings. The minimum absolute atomic E-state index is 0.925. The van der Waals surface area contributed by atoms with Crippen LogP contribution in [0.3, 0.4) is 0 Å². The predicted octanol–water partition coefficient (Wildman–Crippen LogP) is 2.52. The van der Waals surface area contributed by atoms with E-state index in [1.807, 2.05) is 11.8 Å². The highest BCUT2D eigenvalue weighted by molar-refractivity contribution is 7.98. The summed E-state index contributed by atoms with van der Waals surface area (Å²) in [5, 5.41) is 3.43. The standard InChI is InChI=1S/C11H21NS/c1-3-4-5-6-9-12-10-7-8-11-13-2/h1,12H,4-11H2,2H3. The van der Waals surface area contributed by atoms with Crippen molar-refractivity contribution in [2.45, 2.75) is 32.1 Å². The molecule has 1 nitrogen and oxygen atoms in total. The minimum atomic E-state index is 0.925. The van der Waals surface area contributed by atoms with Crippen molar-refractivity contribution < 1.29 is 0 Å². The lowest BCUT2D eigenvalue weighted by Crippen LogP contribution is -2.16. The molecule has 0 aliphatic carbocycles. The highest BCUT2D eigenvalue weighted by atomic mass is 32.2. The molecule has 0 aliphatic rings. The summed E-state index contributed by atoms with van der Waals surface area (Å²) in [6.07, 6.45) is 13.2. The van der Waals surface area contributed by atoms with Crippen molar-refractivity contribution in [2.24, 2.45) is 0 Å². The molecular formula is C11H21NS. The molecule has 0 saturated heterocycles. The van der Waals surface area contributed by atoms with E-state index >= 15 is 0 Å². The second-order valence-corrected chi connectivity index (χ2v) is 4.10. The molecule has 0 radical (unpaired) electrons. The Morgan fingerprint density at radius 2 is 1.85 bits per heavy atom. The van der Waals surface area contributed by atoms with Gasteiger partial charge < -0.3 is 5.32 Å². The Morgan fingerprint density at radius 3 is 2.46 bits per heavy atom. The molecule has 0 aromatic carbocycles. The molecule has 13 heavy (non-hydrogen) atoms. The SMILES string of the molecule is C#CCCCCNCCCCSC. The fraction of sp³-hybridized carbons (Fsp3) is 0.818. The van der Waals surface area contributed by atoms with E-state index in [2.05, 4.69) is 17.5 Å². The smallest absolute Gasteiger partial charge is 0.00865 e. The van der Waals surface area contributed by atoms with Crippen molar-refractivity contribution in [3.05, 3.63) is 0 Å². The maximum absolute atomic E-state index is 5.15. The van der Waals surface area contributed by atoms with Gasteiger partial charge >= 0.3 is 0 Å². The summed E-state index contributed by atoms with van der Waals surface area (Å²) in [7, 11) is 0. The molecule has 0 heterocycles. The topological polar surface area (TPSA) is 12.0 Å². The normalized spacial score (nSPS) is 9.85. The number of thioether (sulfide) groups is 1. The van der Waals surface area contributed by atoms with Gasteiger partial charge in [-0.25, -0.2) is 0 Å². The van der Waals surface area contributed by atoms with Crippen LogP contribution in [0.15, 0.2) is 0 Å². The zero-order valence-electron chi connectivity index (χ0n) is 8.64. The highest BCUT2D eigenvalue weighted by Gasteiger charge is 1.88. The summed E-state index contributed by atoms with van der Waals surface area (Å²) >= 11 is 1.93. The molecule has 1 N–H and O–H groups in total. The van der Waals surface area contributed by atoms with Gasteiger partial charge in [-0.2, -0.15) is 11.8 Å². The molecule has 0 amide bonds. The summed E-state index contributed by atoms with van der Waals surface area (Å²) in [6.45, 7) is 2.29. The van der Waals surface area contributed by atoms with E-state index in [0.717, 1.165) is 25.9 Å². The largest absolute Gasteiger partial charge is 0.317 e. The van der Waals surface area contributed by atoms with Crippen molar-refractivity contribution in [1.29, 1.82) is 0 Å². The quantitative estimate of drug-likeness (QED) is 0.452. The molecule has 0 bridgehead atoms. The Hall–Kier alpha value is -0.130. The molecule has 0 spiro atoms.